The van der Waals surface area contributed by atoms with Gasteiger partial charge in [0.25, 0.3) is 5.91 Å². The zero-order chi connectivity index (χ0) is 26.8. The number of carbonyl (C=O) groups is 3. The molecule has 2 amide bonds. The minimum Gasteiger partial charge on any atom is -0.450 e. The zero-order valence-corrected chi connectivity index (χ0v) is 19.9. The molecule has 1 aliphatic heterocycles. The number of anilines is 1. The number of halogens is 4. The summed E-state index contributed by atoms with van der Waals surface area (Å²) in [7, 11) is -3.44. The second-order valence-corrected chi connectivity index (χ2v) is 9.65. The van der Waals surface area contributed by atoms with Gasteiger partial charge in [0.2, 0.25) is 10.0 Å². The molecule has 2 N–H and O–H groups in total. The molecule has 1 aliphatic rings. The second-order valence-electron chi connectivity index (χ2n) is 7.97. The zero-order valence-electron chi connectivity index (χ0n) is 19.1. The highest BCUT2D eigenvalue weighted by molar-refractivity contribution is 7.89. The Bertz CT molecular complexity index is 1280. The maximum absolute atomic E-state index is 15.1. The maximum Gasteiger partial charge on any atom is 0.409 e. The van der Waals surface area contributed by atoms with E-state index in [-0.39, 0.29) is 26.1 Å². The summed E-state index contributed by atoms with van der Waals surface area (Å²) in [5.41, 5.74) is -1.31. The molecule has 0 aliphatic carbocycles. The molecule has 2 unspecified atom stereocenters. The fraction of sp³-hybridized carbons (Fsp3) is 0.381. The van der Waals surface area contributed by atoms with Crippen LogP contribution in [0.25, 0.3) is 0 Å². The molecular formula is C21H22F4N4O6S. The average Bonchev–Trinajstić information content (AvgIpc) is 3.32. The highest BCUT2D eigenvalue weighted by Gasteiger charge is 2.39. The molecule has 3 rings (SSSR count). The first-order chi connectivity index (χ1) is 16.9. The standard InChI is InChI=1S/C21H22F4N4O6S/c1-3-35-21(32)29-8-11(4-5-30)15(9-29)27-36(33,34)16-10-28(2)19(18(16)25)20(31)26-12-6-13(22)17(24)14(23)7-12/h5-7,10-11,15,27H,3-4,8-9H2,1-2H3,(H,26,31). The minimum absolute atomic E-state index is 0.0283. The van der Waals surface area contributed by atoms with Crippen molar-refractivity contribution in [2.24, 2.45) is 13.0 Å². The Kier molecular flexibility index (Phi) is 8.03. The van der Waals surface area contributed by atoms with Gasteiger partial charge in [0.1, 0.15) is 16.9 Å². The van der Waals surface area contributed by atoms with Crippen LogP contribution < -0.4 is 10.0 Å². The number of sulfonamides is 1. The van der Waals surface area contributed by atoms with E-state index in [0.717, 1.165) is 17.8 Å². The number of rotatable bonds is 8. The van der Waals surface area contributed by atoms with Crippen molar-refractivity contribution in [3.05, 3.63) is 47.3 Å². The van der Waals surface area contributed by atoms with Crippen LogP contribution >= 0.6 is 0 Å². The Morgan fingerprint density at radius 1 is 1.14 bits per heavy atom. The quantitative estimate of drug-likeness (QED) is 0.304. The largest absolute Gasteiger partial charge is 0.450 e. The van der Waals surface area contributed by atoms with Gasteiger partial charge in [0.15, 0.2) is 23.3 Å². The summed E-state index contributed by atoms with van der Waals surface area (Å²) in [6.45, 7) is 1.56. The predicted octanol–water partition coefficient (Wildman–Crippen LogP) is 2.16. The molecular weight excluding hydrogens is 512 g/mol. The number of nitrogens with one attached hydrogen (secondary N) is 2. The van der Waals surface area contributed by atoms with Crippen molar-refractivity contribution in [1.29, 1.82) is 0 Å². The Hall–Kier alpha value is -3.46. The molecule has 2 aromatic rings. The maximum atomic E-state index is 15.1. The van der Waals surface area contributed by atoms with Crippen molar-refractivity contribution < 1.29 is 45.1 Å². The van der Waals surface area contributed by atoms with Gasteiger partial charge in [-0.05, 0) is 6.92 Å². The van der Waals surface area contributed by atoms with E-state index in [0.29, 0.717) is 18.4 Å². The Labute approximate surface area is 203 Å². The lowest BCUT2D eigenvalue weighted by atomic mass is 10.0. The van der Waals surface area contributed by atoms with E-state index in [1.165, 1.54) is 4.90 Å². The molecule has 1 saturated heterocycles. The topological polar surface area (TPSA) is 127 Å². The van der Waals surface area contributed by atoms with Crippen molar-refractivity contribution >= 4 is 34.0 Å². The van der Waals surface area contributed by atoms with Crippen LogP contribution in [0.2, 0.25) is 0 Å². The van der Waals surface area contributed by atoms with Crippen molar-refractivity contribution in [2.75, 3.05) is 25.0 Å². The van der Waals surface area contributed by atoms with Crippen LogP contribution in [0, 0.1) is 29.2 Å². The minimum atomic E-state index is -4.60. The monoisotopic (exact) mass is 534 g/mol. The van der Waals surface area contributed by atoms with Crippen LogP contribution in [0.1, 0.15) is 23.8 Å². The summed E-state index contributed by atoms with van der Waals surface area (Å²) in [6, 6.07) is -0.00984. The number of aldehydes is 1. The third kappa shape index (κ3) is 5.51. The third-order valence-corrected chi connectivity index (χ3v) is 6.98. The molecule has 196 valence electrons. The number of aromatic nitrogens is 1. The molecule has 2 heterocycles. The fourth-order valence-corrected chi connectivity index (χ4v) is 5.25. The van der Waals surface area contributed by atoms with E-state index in [1.807, 2.05) is 5.32 Å². The lowest BCUT2D eigenvalue weighted by Gasteiger charge is -2.17. The number of hydrogen-bond acceptors (Lipinski definition) is 6. The first-order valence-electron chi connectivity index (χ1n) is 10.6. The van der Waals surface area contributed by atoms with Crippen molar-refractivity contribution in [3.8, 4) is 0 Å². The highest BCUT2D eigenvalue weighted by atomic mass is 32.2. The number of amides is 2. The van der Waals surface area contributed by atoms with Gasteiger partial charge in [-0.1, -0.05) is 0 Å². The van der Waals surface area contributed by atoms with Gasteiger partial charge < -0.3 is 24.3 Å². The number of hydrogen-bond donors (Lipinski definition) is 2. The van der Waals surface area contributed by atoms with Crippen molar-refractivity contribution in [1.82, 2.24) is 14.2 Å². The summed E-state index contributed by atoms with van der Waals surface area (Å²) in [4.78, 5) is 35.9. The van der Waals surface area contributed by atoms with E-state index in [1.54, 1.807) is 6.92 Å². The van der Waals surface area contributed by atoms with Crippen LogP contribution in [0.5, 0.6) is 0 Å². The summed E-state index contributed by atoms with van der Waals surface area (Å²) >= 11 is 0. The highest BCUT2D eigenvalue weighted by Crippen LogP contribution is 2.26. The van der Waals surface area contributed by atoms with Gasteiger partial charge in [-0.3, -0.25) is 4.79 Å². The summed E-state index contributed by atoms with van der Waals surface area (Å²) in [5.74, 6) is -8.28. The first-order valence-corrected chi connectivity index (χ1v) is 12.1. The number of carbonyl (C=O) groups excluding carboxylic acids is 3. The number of nitrogens with zero attached hydrogens (tertiary/aromatic N) is 2. The molecule has 2 atom stereocenters. The molecule has 1 aromatic carbocycles. The molecule has 0 bridgehead atoms. The molecule has 1 aromatic heterocycles. The second kappa shape index (κ2) is 10.7. The Morgan fingerprint density at radius 3 is 2.36 bits per heavy atom. The van der Waals surface area contributed by atoms with Crippen LogP contribution in [0.3, 0.4) is 0 Å². The predicted molar refractivity (Wildman–Crippen MR) is 117 cm³/mol. The number of benzene rings is 1. The SMILES string of the molecule is CCOC(=O)N1CC(CC=O)C(NS(=O)(=O)c2cn(C)c(C(=O)Nc3cc(F)c(F)c(F)c3)c2F)C1. The molecule has 36 heavy (non-hydrogen) atoms. The molecule has 1 fully saturated rings. The van der Waals surface area contributed by atoms with Crippen LogP contribution in [-0.4, -0.2) is 61.9 Å². The third-order valence-electron chi connectivity index (χ3n) is 5.51. The summed E-state index contributed by atoms with van der Waals surface area (Å²) in [6.07, 6.45) is 0.589. The Morgan fingerprint density at radius 2 is 1.78 bits per heavy atom. The fourth-order valence-electron chi connectivity index (χ4n) is 3.83. The molecule has 0 spiro atoms. The van der Waals surface area contributed by atoms with Gasteiger partial charge >= 0.3 is 6.09 Å². The lowest BCUT2D eigenvalue weighted by molar-refractivity contribution is -0.108. The molecule has 0 radical (unpaired) electrons. The van der Waals surface area contributed by atoms with Crippen molar-refractivity contribution in [2.45, 2.75) is 24.3 Å². The van der Waals surface area contributed by atoms with Gasteiger partial charge in [-0.25, -0.2) is 35.5 Å². The van der Waals surface area contributed by atoms with E-state index in [9.17, 15) is 36.0 Å². The lowest BCUT2D eigenvalue weighted by Crippen LogP contribution is -2.41. The molecule has 15 heteroatoms. The number of likely N-dealkylation sites (tertiary alicyclic amines) is 1. The first kappa shape index (κ1) is 27.1. The van der Waals surface area contributed by atoms with Gasteiger partial charge in [-0.2, -0.15) is 0 Å². The smallest absolute Gasteiger partial charge is 0.409 e. The van der Waals surface area contributed by atoms with Gasteiger partial charge in [0, 0.05) is 62.5 Å². The molecule has 0 saturated carbocycles. The van der Waals surface area contributed by atoms with E-state index >= 15 is 4.39 Å². The number of aryl methyl sites for hydroxylation is 1. The van der Waals surface area contributed by atoms with Gasteiger partial charge in [-0.15, -0.1) is 0 Å². The Balaban J connectivity index is 1.84. The summed E-state index contributed by atoms with van der Waals surface area (Å²) in [5, 5.41) is 1.98. The van der Waals surface area contributed by atoms with E-state index in [2.05, 4.69) is 4.72 Å². The van der Waals surface area contributed by atoms with Gasteiger partial charge in [0.05, 0.1) is 6.61 Å². The van der Waals surface area contributed by atoms with Crippen LogP contribution in [0.4, 0.5) is 28.0 Å². The molecule has 10 nitrogen and oxygen atoms in total. The number of ether oxygens (including phenoxy) is 1. The van der Waals surface area contributed by atoms with Crippen molar-refractivity contribution in [3.63, 3.8) is 0 Å². The van der Waals surface area contributed by atoms with E-state index < -0.39 is 73.5 Å². The van der Waals surface area contributed by atoms with Crippen LogP contribution in [-0.2, 0) is 26.6 Å². The van der Waals surface area contributed by atoms with Crippen LogP contribution in [0.15, 0.2) is 23.2 Å². The average molecular weight is 534 g/mol. The normalized spacial score (nSPS) is 17.8. The van der Waals surface area contributed by atoms with E-state index in [4.69, 9.17) is 4.74 Å². The summed E-state index contributed by atoms with van der Waals surface area (Å²) < 4.78 is 89.1.